The Morgan fingerprint density at radius 3 is 2.81 bits per heavy atom. The third-order valence-corrected chi connectivity index (χ3v) is 4.93. The lowest BCUT2D eigenvalue weighted by molar-refractivity contribution is 0.137. The van der Waals surface area contributed by atoms with Gasteiger partial charge in [-0.15, -0.1) is 0 Å². The summed E-state index contributed by atoms with van der Waals surface area (Å²) in [4.78, 5) is 20.2. The number of aromatic amines is 1. The van der Waals surface area contributed by atoms with Gasteiger partial charge >= 0.3 is 0 Å². The molecule has 0 aromatic carbocycles. The topological polar surface area (TPSA) is 95.5 Å². The van der Waals surface area contributed by atoms with E-state index in [9.17, 15) is 0 Å². The Bertz CT molecular complexity index is 892. The highest BCUT2D eigenvalue weighted by Gasteiger charge is 2.26. The standard InChI is InChI=1S/C19H24N8/c1-13-15(11-22-26-13)12-27-9-4-3-6-17(27)16-10-18(24-14(2)23-16)25-19-20-7-5-8-21-19/h5,7-8,10-11,17H,3-4,6,9,12H2,1-2H3,(H,22,26)(H,20,21,23,24,25). The molecule has 2 N–H and O–H groups in total. The summed E-state index contributed by atoms with van der Waals surface area (Å²) in [5.41, 5.74) is 3.41. The van der Waals surface area contributed by atoms with Gasteiger partial charge < -0.3 is 5.32 Å². The smallest absolute Gasteiger partial charge is 0.228 e. The molecule has 0 amide bonds. The SMILES string of the molecule is Cc1nc(Nc2ncccn2)cc(C2CCCCN2Cc2cn[nH]c2C)n1. The van der Waals surface area contributed by atoms with Gasteiger partial charge in [0, 0.05) is 36.3 Å². The summed E-state index contributed by atoms with van der Waals surface area (Å²) < 4.78 is 0. The van der Waals surface area contributed by atoms with Gasteiger partial charge in [-0.25, -0.2) is 19.9 Å². The van der Waals surface area contributed by atoms with E-state index in [4.69, 9.17) is 4.98 Å². The first-order valence-electron chi connectivity index (χ1n) is 9.31. The highest BCUT2D eigenvalue weighted by Crippen LogP contribution is 2.32. The maximum Gasteiger partial charge on any atom is 0.228 e. The molecule has 1 atom stereocenters. The summed E-state index contributed by atoms with van der Waals surface area (Å²) in [7, 11) is 0. The first kappa shape index (κ1) is 17.5. The molecule has 1 unspecified atom stereocenters. The minimum Gasteiger partial charge on any atom is -0.309 e. The summed E-state index contributed by atoms with van der Waals surface area (Å²) in [5.74, 6) is 2.01. The van der Waals surface area contributed by atoms with Crippen LogP contribution in [0.2, 0.25) is 0 Å². The highest BCUT2D eigenvalue weighted by molar-refractivity contribution is 5.48. The van der Waals surface area contributed by atoms with Gasteiger partial charge in [-0.1, -0.05) is 6.42 Å². The molecule has 0 spiro atoms. The van der Waals surface area contributed by atoms with E-state index in [1.165, 1.54) is 18.4 Å². The molecule has 1 fully saturated rings. The fourth-order valence-corrected chi connectivity index (χ4v) is 3.57. The van der Waals surface area contributed by atoms with Crippen LogP contribution in [0.15, 0.2) is 30.7 Å². The van der Waals surface area contributed by atoms with Crippen molar-refractivity contribution in [3.63, 3.8) is 0 Å². The Kier molecular flexibility index (Phi) is 5.06. The number of nitrogens with zero attached hydrogens (tertiary/aromatic N) is 6. The van der Waals surface area contributed by atoms with Gasteiger partial charge in [0.1, 0.15) is 11.6 Å². The van der Waals surface area contributed by atoms with Crippen molar-refractivity contribution in [2.45, 2.75) is 45.7 Å². The Morgan fingerprint density at radius 1 is 1.19 bits per heavy atom. The first-order chi connectivity index (χ1) is 13.2. The summed E-state index contributed by atoms with van der Waals surface area (Å²) >= 11 is 0. The zero-order chi connectivity index (χ0) is 18.6. The van der Waals surface area contributed by atoms with E-state index >= 15 is 0 Å². The average molecular weight is 364 g/mol. The average Bonchev–Trinajstić information content (AvgIpc) is 3.07. The lowest BCUT2D eigenvalue weighted by Gasteiger charge is -2.35. The number of rotatable bonds is 5. The molecule has 8 nitrogen and oxygen atoms in total. The van der Waals surface area contributed by atoms with Crippen LogP contribution in [0.4, 0.5) is 11.8 Å². The van der Waals surface area contributed by atoms with E-state index in [0.717, 1.165) is 42.5 Å². The molecule has 0 saturated carbocycles. The number of nitrogens with one attached hydrogen (secondary N) is 2. The first-order valence-corrected chi connectivity index (χ1v) is 9.31. The van der Waals surface area contributed by atoms with Crippen molar-refractivity contribution in [1.29, 1.82) is 0 Å². The minimum atomic E-state index is 0.270. The van der Waals surface area contributed by atoms with E-state index < -0.39 is 0 Å². The highest BCUT2D eigenvalue weighted by atomic mass is 15.2. The van der Waals surface area contributed by atoms with Gasteiger partial charge in [0.25, 0.3) is 0 Å². The summed E-state index contributed by atoms with van der Waals surface area (Å²) in [6, 6.07) is 4.08. The second-order valence-corrected chi connectivity index (χ2v) is 6.92. The number of piperidine rings is 1. The largest absolute Gasteiger partial charge is 0.309 e. The van der Waals surface area contributed by atoms with Crippen molar-refractivity contribution in [2.75, 3.05) is 11.9 Å². The van der Waals surface area contributed by atoms with Crippen molar-refractivity contribution < 1.29 is 0 Å². The molecular formula is C19H24N8. The van der Waals surface area contributed by atoms with E-state index in [1.54, 1.807) is 18.5 Å². The van der Waals surface area contributed by atoms with E-state index in [2.05, 4.69) is 42.3 Å². The fourth-order valence-electron chi connectivity index (χ4n) is 3.57. The summed E-state index contributed by atoms with van der Waals surface area (Å²) in [6.07, 6.45) is 8.85. The van der Waals surface area contributed by atoms with E-state index in [1.807, 2.05) is 19.2 Å². The number of H-pyrrole nitrogens is 1. The predicted octanol–water partition coefficient (Wildman–Crippen LogP) is 3.08. The van der Waals surface area contributed by atoms with Gasteiger partial charge in [0.05, 0.1) is 17.9 Å². The lowest BCUT2D eigenvalue weighted by atomic mass is 9.98. The number of hydrogen-bond donors (Lipinski definition) is 2. The monoisotopic (exact) mass is 364 g/mol. The fraction of sp³-hybridized carbons (Fsp3) is 0.421. The van der Waals surface area contributed by atoms with Gasteiger partial charge in [-0.05, 0) is 39.3 Å². The second-order valence-electron chi connectivity index (χ2n) is 6.92. The van der Waals surface area contributed by atoms with E-state index in [-0.39, 0.29) is 6.04 Å². The zero-order valence-electron chi connectivity index (χ0n) is 15.7. The second kappa shape index (κ2) is 7.79. The van der Waals surface area contributed by atoms with Gasteiger partial charge in [-0.2, -0.15) is 5.10 Å². The molecule has 0 aliphatic carbocycles. The van der Waals surface area contributed by atoms with E-state index in [0.29, 0.717) is 5.95 Å². The zero-order valence-corrected chi connectivity index (χ0v) is 15.7. The van der Waals surface area contributed by atoms with Crippen molar-refractivity contribution in [3.8, 4) is 0 Å². The number of anilines is 2. The summed E-state index contributed by atoms with van der Waals surface area (Å²) in [5, 5.41) is 10.4. The van der Waals surface area contributed by atoms with Gasteiger partial charge in [-0.3, -0.25) is 10.00 Å². The lowest BCUT2D eigenvalue weighted by Crippen LogP contribution is -2.33. The number of hydrogen-bond acceptors (Lipinski definition) is 7. The van der Waals surface area contributed by atoms with Crippen molar-refractivity contribution in [2.24, 2.45) is 0 Å². The van der Waals surface area contributed by atoms with Crippen LogP contribution in [-0.4, -0.2) is 41.6 Å². The van der Waals surface area contributed by atoms with Crippen molar-refractivity contribution in [1.82, 2.24) is 35.0 Å². The Morgan fingerprint density at radius 2 is 2.04 bits per heavy atom. The van der Waals surface area contributed by atoms with Crippen LogP contribution in [0.25, 0.3) is 0 Å². The quantitative estimate of drug-likeness (QED) is 0.718. The van der Waals surface area contributed by atoms with Crippen LogP contribution < -0.4 is 5.32 Å². The molecule has 1 aliphatic heterocycles. The predicted molar refractivity (Wildman–Crippen MR) is 102 cm³/mol. The van der Waals surface area contributed by atoms with Crippen LogP contribution >= 0.6 is 0 Å². The third-order valence-electron chi connectivity index (χ3n) is 4.93. The molecule has 3 aromatic heterocycles. The number of aromatic nitrogens is 6. The molecule has 0 bridgehead atoms. The molecular weight excluding hydrogens is 340 g/mol. The van der Waals surface area contributed by atoms with Crippen molar-refractivity contribution in [3.05, 3.63) is 53.5 Å². The van der Waals surface area contributed by atoms with Crippen LogP contribution in [-0.2, 0) is 6.54 Å². The van der Waals surface area contributed by atoms with Crippen LogP contribution in [0, 0.1) is 13.8 Å². The third kappa shape index (κ3) is 4.11. The molecule has 1 saturated heterocycles. The maximum absolute atomic E-state index is 4.74. The Balaban J connectivity index is 1.59. The molecule has 1 aliphatic rings. The van der Waals surface area contributed by atoms with Crippen LogP contribution in [0.5, 0.6) is 0 Å². The Labute approximate surface area is 158 Å². The van der Waals surface area contributed by atoms with Crippen LogP contribution in [0.3, 0.4) is 0 Å². The Hall–Kier alpha value is -2.87. The van der Waals surface area contributed by atoms with Gasteiger partial charge in [0.2, 0.25) is 5.95 Å². The number of aryl methyl sites for hydroxylation is 2. The molecule has 3 aromatic rings. The van der Waals surface area contributed by atoms with Crippen LogP contribution in [0.1, 0.15) is 48.1 Å². The van der Waals surface area contributed by atoms with Gasteiger partial charge in [0.15, 0.2) is 0 Å². The molecule has 140 valence electrons. The molecule has 4 rings (SSSR count). The normalized spacial score (nSPS) is 17.8. The molecule has 0 radical (unpaired) electrons. The molecule has 8 heteroatoms. The number of likely N-dealkylation sites (tertiary alicyclic amines) is 1. The summed E-state index contributed by atoms with van der Waals surface area (Å²) in [6.45, 7) is 5.93. The maximum atomic E-state index is 4.74. The van der Waals surface area contributed by atoms with Crippen molar-refractivity contribution >= 4 is 11.8 Å². The molecule has 4 heterocycles. The molecule has 27 heavy (non-hydrogen) atoms. The minimum absolute atomic E-state index is 0.270.